The molecule has 2 amide bonds. The predicted octanol–water partition coefficient (Wildman–Crippen LogP) is 4.57. The van der Waals surface area contributed by atoms with Gasteiger partial charge in [-0.15, -0.1) is 6.58 Å². The number of hydrogen-bond acceptors (Lipinski definition) is 4. The number of amides is 2. The van der Waals surface area contributed by atoms with Crippen molar-refractivity contribution in [1.82, 2.24) is 10.2 Å². The van der Waals surface area contributed by atoms with Crippen LogP contribution >= 0.6 is 0 Å². The van der Waals surface area contributed by atoms with Gasteiger partial charge < -0.3 is 20.1 Å². The van der Waals surface area contributed by atoms with Crippen LogP contribution in [0.3, 0.4) is 0 Å². The van der Waals surface area contributed by atoms with Gasteiger partial charge in [0.25, 0.3) is 0 Å². The Morgan fingerprint density at radius 2 is 1.74 bits per heavy atom. The largest absolute Gasteiger partial charge is 0.480 e. The highest BCUT2D eigenvalue weighted by Crippen LogP contribution is 2.44. The molecule has 3 unspecified atom stereocenters. The first-order chi connectivity index (χ1) is 16.9. The molecule has 1 fully saturated rings. The van der Waals surface area contributed by atoms with Gasteiger partial charge in [0.1, 0.15) is 18.7 Å². The number of ether oxygens (including phenoxy) is 1. The number of alkyl carbamates (subject to hydrolysis) is 1. The van der Waals surface area contributed by atoms with Crippen LogP contribution in [0, 0.1) is 5.92 Å². The monoisotopic (exact) mass is 476 g/mol. The average molecular weight is 477 g/mol. The zero-order chi connectivity index (χ0) is 24.9. The normalized spacial score (nSPS) is 19.9. The van der Waals surface area contributed by atoms with Gasteiger partial charge in [-0.1, -0.05) is 61.5 Å². The standard InChI is InChI=1S/C28H32N2O5/c1-3-4-13-24(26(31)30-16-18(2)14-15-25(30)27(32)33)29-28(34)35-17-23-21-11-7-5-9-19(21)20-10-6-8-12-22(20)23/h3,5-12,18,23-25H,1,4,13-17H2,2H3,(H,29,34)(H,32,33). The van der Waals surface area contributed by atoms with E-state index in [2.05, 4.69) is 24.0 Å². The molecule has 2 aliphatic rings. The van der Waals surface area contributed by atoms with E-state index in [1.807, 2.05) is 43.3 Å². The maximum absolute atomic E-state index is 13.3. The molecule has 7 heteroatoms. The van der Waals surface area contributed by atoms with Crippen molar-refractivity contribution in [3.05, 3.63) is 72.3 Å². The molecule has 0 radical (unpaired) electrons. The van der Waals surface area contributed by atoms with E-state index in [1.165, 1.54) is 4.90 Å². The summed E-state index contributed by atoms with van der Waals surface area (Å²) in [5, 5.41) is 12.3. The SMILES string of the molecule is C=CCCC(NC(=O)OCC1c2ccccc2-c2ccccc21)C(=O)N1CC(C)CCC1C(=O)O. The first kappa shape index (κ1) is 24.5. The molecule has 1 aliphatic heterocycles. The summed E-state index contributed by atoms with van der Waals surface area (Å²) in [5.74, 6) is -1.30. The number of carboxylic acid groups (broad SMARTS) is 1. The Morgan fingerprint density at radius 1 is 1.11 bits per heavy atom. The summed E-state index contributed by atoms with van der Waals surface area (Å²) in [4.78, 5) is 39.3. The van der Waals surface area contributed by atoms with Crippen LogP contribution in [0.25, 0.3) is 11.1 Å². The van der Waals surface area contributed by atoms with Gasteiger partial charge in [0.2, 0.25) is 5.91 Å². The van der Waals surface area contributed by atoms with Gasteiger partial charge in [-0.05, 0) is 53.9 Å². The molecule has 0 aromatic heterocycles. The van der Waals surface area contributed by atoms with Crippen LogP contribution in [0.15, 0.2) is 61.2 Å². The lowest BCUT2D eigenvalue weighted by Crippen LogP contribution is -2.56. The molecule has 1 saturated heterocycles. The summed E-state index contributed by atoms with van der Waals surface area (Å²) in [7, 11) is 0. The molecule has 2 aromatic rings. The number of carbonyl (C=O) groups excluding carboxylic acids is 2. The summed E-state index contributed by atoms with van der Waals surface area (Å²) in [6.45, 7) is 6.20. The van der Waals surface area contributed by atoms with E-state index in [9.17, 15) is 19.5 Å². The fraction of sp³-hybridized carbons (Fsp3) is 0.393. The van der Waals surface area contributed by atoms with Crippen LogP contribution in [0.5, 0.6) is 0 Å². The number of aliphatic carboxylic acids is 1. The fourth-order valence-electron chi connectivity index (χ4n) is 5.18. The quantitative estimate of drug-likeness (QED) is 0.544. The minimum absolute atomic E-state index is 0.0881. The average Bonchev–Trinajstić information content (AvgIpc) is 3.18. The van der Waals surface area contributed by atoms with Gasteiger partial charge in [0.15, 0.2) is 0 Å². The third-order valence-electron chi connectivity index (χ3n) is 6.98. The molecule has 0 bridgehead atoms. The van der Waals surface area contributed by atoms with Gasteiger partial charge in [-0.25, -0.2) is 9.59 Å². The summed E-state index contributed by atoms with van der Waals surface area (Å²) < 4.78 is 5.62. The summed E-state index contributed by atoms with van der Waals surface area (Å²) in [6.07, 6.45) is 2.96. The van der Waals surface area contributed by atoms with E-state index >= 15 is 0 Å². The zero-order valence-corrected chi connectivity index (χ0v) is 20.0. The number of nitrogens with zero attached hydrogens (tertiary/aromatic N) is 1. The van der Waals surface area contributed by atoms with E-state index in [0.717, 1.165) is 28.7 Å². The molecule has 1 heterocycles. The molecular formula is C28H32N2O5. The van der Waals surface area contributed by atoms with Crippen LogP contribution in [0.1, 0.15) is 49.7 Å². The Hall–Kier alpha value is -3.61. The van der Waals surface area contributed by atoms with Crippen molar-refractivity contribution in [2.24, 2.45) is 5.92 Å². The number of benzene rings is 2. The van der Waals surface area contributed by atoms with E-state index < -0.39 is 24.1 Å². The predicted molar refractivity (Wildman–Crippen MR) is 133 cm³/mol. The first-order valence-electron chi connectivity index (χ1n) is 12.2. The Kier molecular flexibility index (Phi) is 7.54. The highest BCUT2D eigenvalue weighted by molar-refractivity contribution is 5.89. The van der Waals surface area contributed by atoms with Crippen molar-refractivity contribution in [2.75, 3.05) is 13.2 Å². The lowest BCUT2D eigenvalue weighted by molar-refractivity contribution is -0.154. The molecule has 2 aromatic carbocycles. The molecule has 2 N–H and O–H groups in total. The minimum Gasteiger partial charge on any atom is -0.480 e. The lowest BCUT2D eigenvalue weighted by atomic mass is 9.93. The lowest BCUT2D eigenvalue weighted by Gasteiger charge is -2.38. The third-order valence-corrected chi connectivity index (χ3v) is 6.98. The molecule has 35 heavy (non-hydrogen) atoms. The Bertz CT molecular complexity index is 1070. The van der Waals surface area contributed by atoms with Crippen molar-refractivity contribution in [1.29, 1.82) is 0 Å². The van der Waals surface area contributed by atoms with Crippen molar-refractivity contribution in [3.8, 4) is 11.1 Å². The van der Waals surface area contributed by atoms with Gasteiger partial charge in [0.05, 0.1) is 0 Å². The van der Waals surface area contributed by atoms with E-state index in [4.69, 9.17) is 4.74 Å². The number of allylic oxidation sites excluding steroid dienone is 1. The van der Waals surface area contributed by atoms with Crippen LogP contribution in [0.4, 0.5) is 4.79 Å². The van der Waals surface area contributed by atoms with Crippen molar-refractivity contribution in [3.63, 3.8) is 0 Å². The van der Waals surface area contributed by atoms with Crippen LogP contribution in [-0.4, -0.2) is 53.2 Å². The van der Waals surface area contributed by atoms with Gasteiger partial charge in [-0.2, -0.15) is 0 Å². The summed E-state index contributed by atoms with van der Waals surface area (Å²) in [6, 6.07) is 14.4. The number of rotatable bonds is 8. The first-order valence-corrected chi connectivity index (χ1v) is 12.2. The second kappa shape index (κ2) is 10.8. The highest BCUT2D eigenvalue weighted by atomic mass is 16.5. The topological polar surface area (TPSA) is 95.9 Å². The molecule has 3 atom stereocenters. The maximum Gasteiger partial charge on any atom is 0.407 e. The summed E-state index contributed by atoms with van der Waals surface area (Å²) in [5.41, 5.74) is 4.48. The third kappa shape index (κ3) is 5.24. The summed E-state index contributed by atoms with van der Waals surface area (Å²) >= 11 is 0. The fourth-order valence-corrected chi connectivity index (χ4v) is 5.18. The molecule has 0 saturated carbocycles. The smallest absolute Gasteiger partial charge is 0.407 e. The Labute approximate surface area is 205 Å². The van der Waals surface area contributed by atoms with E-state index in [0.29, 0.717) is 25.8 Å². The van der Waals surface area contributed by atoms with Crippen LogP contribution in [0.2, 0.25) is 0 Å². The number of carbonyl (C=O) groups is 3. The molecule has 7 nitrogen and oxygen atoms in total. The van der Waals surface area contributed by atoms with Crippen LogP contribution < -0.4 is 5.32 Å². The molecule has 0 spiro atoms. The molecular weight excluding hydrogens is 444 g/mol. The maximum atomic E-state index is 13.3. The number of likely N-dealkylation sites (tertiary alicyclic amines) is 1. The molecule has 4 rings (SSSR count). The van der Waals surface area contributed by atoms with Gasteiger partial charge >= 0.3 is 12.1 Å². The van der Waals surface area contributed by atoms with Gasteiger partial charge in [0, 0.05) is 12.5 Å². The molecule has 1 aliphatic carbocycles. The van der Waals surface area contributed by atoms with Gasteiger partial charge in [-0.3, -0.25) is 4.79 Å². The number of nitrogens with one attached hydrogen (secondary N) is 1. The minimum atomic E-state index is -1.02. The highest BCUT2D eigenvalue weighted by Gasteiger charge is 2.38. The van der Waals surface area contributed by atoms with Crippen molar-refractivity contribution >= 4 is 18.0 Å². The van der Waals surface area contributed by atoms with Crippen LogP contribution in [-0.2, 0) is 14.3 Å². The van der Waals surface area contributed by atoms with E-state index in [1.54, 1.807) is 6.08 Å². The number of fused-ring (bicyclic) bond motifs is 3. The van der Waals surface area contributed by atoms with E-state index in [-0.39, 0.29) is 24.3 Å². The zero-order valence-electron chi connectivity index (χ0n) is 20.0. The Balaban J connectivity index is 1.45. The number of carboxylic acids is 1. The number of piperidine rings is 1. The van der Waals surface area contributed by atoms with Crippen molar-refractivity contribution in [2.45, 2.75) is 50.6 Å². The Morgan fingerprint density at radius 3 is 2.34 bits per heavy atom. The number of hydrogen-bond donors (Lipinski definition) is 2. The molecule has 184 valence electrons. The van der Waals surface area contributed by atoms with Crippen molar-refractivity contribution < 1.29 is 24.2 Å². The second-order valence-corrected chi connectivity index (χ2v) is 9.42. The second-order valence-electron chi connectivity index (χ2n) is 9.42.